The highest BCUT2D eigenvalue weighted by Crippen LogP contribution is 2.28. The van der Waals surface area contributed by atoms with Gasteiger partial charge in [0.1, 0.15) is 0 Å². The molecule has 0 atom stereocenters. The van der Waals surface area contributed by atoms with Crippen LogP contribution in [0.15, 0.2) is 22.7 Å². The molecule has 2 nitrogen and oxygen atoms in total. The molecular formula is C10H12BrClN2. The summed E-state index contributed by atoms with van der Waals surface area (Å²) in [5.74, 6) is 0.710. The maximum atomic E-state index is 5.67. The van der Waals surface area contributed by atoms with Gasteiger partial charge in [0.15, 0.2) is 0 Å². The van der Waals surface area contributed by atoms with E-state index in [9.17, 15) is 0 Å². The maximum Gasteiger partial charge on any atom is 0.0576 e. The molecule has 1 aromatic carbocycles. The predicted molar refractivity (Wildman–Crippen MR) is 63.7 cm³/mol. The lowest BCUT2D eigenvalue weighted by molar-refractivity contribution is 0.659. The highest BCUT2D eigenvalue weighted by Gasteiger charge is 2.17. The van der Waals surface area contributed by atoms with Gasteiger partial charge in [-0.3, -0.25) is 0 Å². The van der Waals surface area contributed by atoms with Crippen LogP contribution in [-0.4, -0.2) is 12.4 Å². The molecule has 2 rings (SSSR count). The molecule has 0 fully saturated rings. The van der Waals surface area contributed by atoms with E-state index in [1.807, 2.05) is 0 Å². The van der Waals surface area contributed by atoms with Gasteiger partial charge in [-0.2, -0.15) is 0 Å². The summed E-state index contributed by atoms with van der Waals surface area (Å²) in [4.78, 5) is 0. The summed E-state index contributed by atoms with van der Waals surface area (Å²) in [6, 6.07) is 6.36. The Bertz CT molecular complexity index is 330. The first-order chi connectivity index (χ1) is 6.81. The van der Waals surface area contributed by atoms with Crippen LogP contribution < -0.4 is 10.4 Å². The van der Waals surface area contributed by atoms with Gasteiger partial charge in [-0.25, -0.2) is 5.43 Å². The van der Waals surface area contributed by atoms with Gasteiger partial charge < -0.3 is 5.01 Å². The smallest absolute Gasteiger partial charge is 0.0576 e. The van der Waals surface area contributed by atoms with Crippen LogP contribution in [-0.2, 0) is 6.54 Å². The molecule has 0 aliphatic carbocycles. The molecule has 76 valence electrons. The summed E-state index contributed by atoms with van der Waals surface area (Å²) < 4.78 is 1.12. The number of nitrogens with one attached hydrogen (secondary N) is 1. The lowest BCUT2D eigenvalue weighted by Crippen LogP contribution is -2.32. The van der Waals surface area contributed by atoms with Gasteiger partial charge in [0, 0.05) is 23.4 Å². The van der Waals surface area contributed by atoms with Gasteiger partial charge in [0.25, 0.3) is 0 Å². The summed E-state index contributed by atoms with van der Waals surface area (Å²) in [7, 11) is 0. The number of nitrogens with zero attached hydrogens (tertiary/aromatic N) is 1. The van der Waals surface area contributed by atoms with Crippen molar-refractivity contribution in [3.05, 3.63) is 28.2 Å². The summed E-state index contributed by atoms with van der Waals surface area (Å²) >= 11 is 9.15. The van der Waals surface area contributed by atoms with E-state index in [0.29, 0.717) is 5.88 Å². The SMILES string of the molecule is ClCCCN1NCc2ccc(Br)cc21. The van der Waals surface area contributed by atoms with E-state index in [2.05, 4.69) is 44.6 Å². The van der Waals surface area contributed by atoms with Crippen LogP contribution in [0.25, 0.3) is 0 Å². The average Bonchev–Trinajstić information content (AvgIpc) is 2.57. The van der Waals surface area contributed by atoms with E-state index in [4.69, 9.17) is 11.6 Å². The Kier molecular flexibility index (Phi) is 3.31. The number of hydrogen-bond donors (Lipinski definition) is 1. The highest BCUT2D eigenvalue weighted by molar-refractivity contribution is 9.10. The van der Waals surface area contributed by atoms with E-state index in [0.717, 1.165) is 24.0 Å². The fourth-order valence-electron chi connectivity index (χ4n) is 1.62. The van der Waals surface area contributed by atoms with Crippen LogP contribution in [0.3, 0.4) is 0 Å². The zero-order chi connectivity index (χ0) is 9.97. The third-order valence-corrected chi connectivity index (χ3v) is 3.07. The molecule has 1 aromatic rings. The van der Waals surface area contributed by atoms with Gasteiger partial charge in [0.2, 0.25) is 0 Å². The molecule has 0 saturated heterocycles. The molecule has 1 aliphatic heterocycles. The van der Waals surface area contributed by atoms with Crippen LogP contribution in [0.2, 0.25) is 0 Å². The van der Waals surface area contributed by atoms with Crippen molar-refractivity contribution < 1.29 is 0 Å². The minimum Gasteiger partial charge on any atom is -0.308 e. The van der Waals surface area contributed by atoms with E-state index < -0.39 is 0 Å². The van der Waals surface area contributed by atoms with Crippen molar-refractivity contribution in [2.45, 2.75) is 13.0 Å². The number of benzene rings is 1. The van der Waals surface area contributed by atoms with Crippen molar-refractivity contribution >= 4 is 33.2 Å². The topological polar surface area (TPSA) is 15.3 Å². The Balaban J connectivity index is 2.16. The Hall–Kier alpha value is -0.250. The molecule has 0 amide bonds. The van der Waals surface area contributed by atoms with Gasteiger partial charge in [-0.15, -0.1) is 11.6 Å². The zero-order valence-electron chi connectivity index (χ0n) is 7.76. The molecule has 0 radical (unpaired) electrons. The number of rotatable bonds is 3. The van der Waals surface area contributed by atoms with Crippen molar-refractivity contribution in [1.82, 2.24) is 5.43 Å². The van der Waals surface area contributed by atoms with Crippen molar-refractivity contribution in [3.63, 3.8) is 0 Å². The second-order valence-electron chi connectivity index (χ2n) is 3.30. The minimum absolute atomic E-state index is 0.710. The molecule has 0 spiro atoms. The molecular weight excluding hydrogens is 263 g/mol. The van der Waals surface area contributed by atoms with Crippen LogP contribution in [0.5, 0.6) is 0 Å². The van der Waals surface area contributed by atoms with Crippen LogP contribution in [0, 0.1) is 0 Å². The first-order valence-corrected chi connectivity index (χ1v) is 5.99. The van der Waals surface area contributed by atoms with Crippen molar-refractivity contribution in [2.75, 3.05) is 17.4 Å². The monoisotopic (exact) mass is 274 g/mol. The molecule has 1 aliphatic rings. The number of hydrazine groups is 1. The predicted octanol–water partition coefficient (Wildman–Crippen LogP) is 2.90. The second kappa shape index (κ2) is 4.51. The molecule has 0 unspecified atom stereocenters. The van der Waals surface area contributed by atoms with Crippen LogP contribution >= 0.6 is 27.5 Å². The fourth-order valence-corrected chi connectivity index (χ4v) is 2.09. The lowest BCUT2D eigenvalue weighted by Gasteiger charge is -2.18. The van der Waals surface area contributed by atoms with E-state index in [1.165, 1.54) is 11.3 Å². The number of halogens is 2. The minimum atomic E-state index is 0.710. The van der Waals surface area contributed by atoms with Crippen molar-refractivity contribution in [2.24, 2.45) is 0 Å². The summed E-state index contributed by atoms with van der Waals surface area (Å²) in [5.41, 5.74) is 5.96. The number of alkyl halides is 1. The molecule has 1 N–H and O–H groups in total. The number of fused-ring (bicyclic) bond motifs is 1. The highest BCUT2D eigenvalue weighted by atomic mass is 79.9. The summed E-state index contributed by atoms with van der Waals surface area (Å²) in [5, 5.41) is 2.17. The molecule has 0 saturated carbocycles. The van der Waals surface area contributed by atoms with E-state index in [1.54, 1.807) is 0 Å². The van der Waals surface area contributed by atoms with Gasteiger partial charge >= 0.3 is 0 Å². The lowest BCUT2D eigenvalue weighted by atomic mass is 10.2. The summed E-state index contributed by atoms with van der Waals surface area (Å²) in [6.45, 7) is 1.89. The molecule has 1 heterocycles. The summed E-state index contributed by atoms with van der Waals surface area (Å²) in [6.07, 6.45) is 1.00. The van der Waals surface area contributed by atoms with E-state index >= 15 is 0 Å². The molecule has 14 heavy (non-hydrogen) atoms. The third kappa shape index (κ3) is 2.05. The van der Waals surface area contributed by atoms with Crippen molar-refractivity contribution in [1.29, 1.82) is 0 Å². The third-order valence-electron chi connectivity index (χ3n) is 2.31. The maximum absolute atomic E-state index is 5.67. The average molecular weight is 276 g/mol. The quantitative estimate of drug-likeness (QED) is 0.853. The first kappa shape index (κ1) is 10.3. The Labute approximate surface area is 97.3 Å². The Morgan fingerprint density at radius 1 is 1.50 bits per heavy atom. The molecule has 0 aromatic heterocycles. The number of hydrogen-bond acceptors (Lipinski definition) is 2. The molecule has 4 heteroatoms. The number of anilines is 1. The Morgan fingerprint density at radius 3 is 3.14 bits per heavy atom. The largest absolute Gasteiger partial charge is 0.308 e. The second-order valence-corrected chi connectivity index (χ2v) is 4.60. The van der Waals surface area contributed by atoms with Crippen LogP contribution in [0.1, 0.15) is 12.0 Å². The van der Waals surface area contributed by atoms with Crippen LogP contribution in [0.4, 0.5) is 5.69 Å². The van der Waals surface area contributed by atoms with Crippen molar-refractivity contribution in [3.8, 4) is 0 Å². The van der Waals surface area contributed by atoms with Gasteiger partial charge in [0.05, 0.1) is 5.69 Å². The standard InChI is InChI=1S/C10H12BrClN2/c11-9-3-2-8-7-13-14(5-1-4-12)10(8)6-9/h2-3,6,13H,1,4-5,7H2. The normalized spacial score (nSPS) is 14.6. The first-order valence-electron chi connectivity index (χ1n) is 4.66. The molecule has 0 bridgehead atoms. The van der Waals surface area contributed by atoms with Gasteiger partial charge in [-0.05, 0) is 24.1 Å². The van der Waals surface area contributed by atoms with E-state index in [-0.39, 0.29) is 0 Å². The Morgan fingerprint density at radius 2 is 2.36 bits per heavy atom. The van der Waals surface area contributed by atoms with Gasteiger partial charge in [-0.1, -0.05) is 22.0 Å². The fraction of sp³-hybridized carbons (Fsp3) is 0.400. The zero-order valence-corrected chi connectivity index (χ0v) is 10.1.